The molecular formula is C10H14O4. The minimum absolute atomic E-state index is 0.0439. The van der Waals surface area contributed by atoms with Crippen LogP contribution in [0, 0.1) is 12.3 Å². The normalized spacial score (nSPS) is 29.8. The quantitative estimate of drug-likeness (QED) is 0.687. The third-order valence-corrected chi connectivity index (χ3v) is 1.99. The number of carboxylic acid groups (broad SMARTS) is 1. The van der Waals surface area contributed by atoms with Crippen LogP contribution in [0.2, 0.25) is 0 Å². The van der Waals surface area contributed by atoms with Crippen molar-refractivity contribution in [3.8, 4) is 12.3 Å². The van der Waals surface area contributed by atoms with Crippen LogP contribution in [0.15, 0.2) is 0 Å². The molecule has 0 aliphatic carbocycles. The van der Waals surface area contributed by atoms with Crippen LogP contribution < -0.4 is 0 Å². The van der Waals surface area contributed by atoms with Crippen LogP contribution in [0.1, 0.15) is 26.7 Å². The second-order valence-corrected chi connectivity index (χ2v) is 3.69. The zero-order valence-corrected chi connectivity index (χ0v) is 8.32. The summed E-state index contributed by atoms with van der Waals surface area (Å²) in [7, 11) is 0. The Kier molecular flexibility index (Phi) is 3.14. The van der Waals surface area contributed by atoms with Gasteiger partial charge in [0.1, 0.15) is 6.10 Å². The molecule has 1 N–H and O–H groups in total. The Morgan fingerprint density at radius 2 is 2.21 bits per heavy atom. The number of terminal acetylenes is 1. The SMILES string of the molecule is C#C[C@@H]1OC(C)(C)O[C@H]1CCC(=O)O. The van der Waals surface area contributed by atoms with Crippen LogP contribution in [0.25, 0.3) is 0 Å². The average molecular weight is 198 g/mol. The number of hydrogen-bond donors (Lipinski definition) is 1. The van der Waals surface area contributed by atoms with Crippen molar-refractivity contribution in [3.63, 3.8) is 0 Å². The summed E-state index contributed by atoms with van der Waals surface area (Å²) in [6.07, 6.45) is 4.92. The Hall–Kier alpha value is -1.05. The van der Waals surface area contributed by atoms with Gasteiger partial charge in [-0.15, -0.1) is 6.42 Å². The third kappa shape index (κ3) is 2.72. The predicted molar refractivity (Wildman–Crippen MR) is 49.5 cm³/mol. The van der Waals surface area contributed by atoms with Gasteiger partial charge in [-0.05, 0) is 20.3 Å². The van der Waals surface area contributed by atoms with Gasteiger partial charge in [0.05, 0.1) is 6.10 Å². The molecule has 1 rings (SSSR count). The highest BCUT2D eigenvalue weighted by Crippen LogP contribution is 2.29. The predicted octanol–water partition coefficient (Wildman–Crippen LogP) is 1.00. The molecule has 0 aromatic carbocycles. The van der Waals surface area contributed by atoms with Crippen molar-refractivity contribution in [1.82, 2.24) is 0 Å². The molecule has 0 radical (unpaired) electrons. The minimum Gasteiger partial charge on any atom is -0.481 e. The van der Waals surface area contributed by atoms with Gasteiger partial charge in [-0.3, -0.25) is 4.79 Å². The van der Waals surface area contributed by atoms with Crippen molar-refractivity contribution in [2.24, 2.45) is 0 Å². The van der Waals surface area contributed by atoms with Crippen molar-refractivity contribution in [2.75, 3.05) is 0 Å². The molecule has 0 saturated carbocycles. The van der Waals surface area contributed by atoms with E-state index in [9.17, 15) is 4.79 Å². The van der Waals surface area contributed by atoms with Gasteiger partial charge in [0, 0.05) is 6.42 Å². The summed E-state index contributed by atoms with van der Waals surface area (Å²) in [5.74, 6) is 0.892. The number of carbonyl (C=O) groups is 1. The van der Waals surface area contributed by atoms with Crippen molar-refractivity contribution >= 4 is 5.97 Å². The van der Waals surface area contributed by atoms with Gasteiger partial charge >= 0.3 is 5.97 Å². The summed E-state index contributed by atoms with van der Waals surface area (Å²) < 4.78 is 10.9. The van der Waals surface area contributed by atoms with Crippen LogP contribution in [0.4, 0.5) is 0 Å². The number of carboxylic acids is 1. The Balaban J connectivity index is 2.52. The molecule has 4 heteroatoms. The van der Waals surface area contributed by atoms with E-state index >= 15 is 0 Å². The molecule has 4 nitrogen and oxygen atoms in total. The van der Waals surface area contributed by atoms with Gasteiger partial charge in [0.25, 0.3) is 0 Å². The lowest BCUT2D eigenvalue weighted by molar-refractivity contribution is -0.146. The van der Waals surface area contributed by atoms with Crippen molar-refractivity contribution in [1.29, 1.82) is 0 Å². The Labute approximate surface area is 83.2 Å². The molecule has 1 fully saturated rings. The molecule has 1 aliphatic rings. The van der Waals surface area contributed by atoms with Gasteiger partial charge in [-0.2, -0.15) is 0 Å². The first-order valence-corrected chi connectivity index (χ1v) is 4.48. The van der Waals surface area contributed by atoms with E-state index in [0.29, 0.717) is 6.42 Å². The molecule has 2 atom stereocenters. The highest BCUT2D eigenvalue weighted by Gasteiger charge is 2.40. The number of rotatable bonds is 3. The monoisotopic (exact) mass is 198 g/mol. The van der Waals surface area contributed by atoms with E-state index in [1.54, 1.807) is 13.8 Å². The molecule has 1 heterocycles. The molecule has 0 aromatic heterocycles. The van der Waals surface area contributed by atoms with Crippen molar-refractivity contribution < 1.29 is 19.4 Å². The fourth-order valence-electron chi connectivity index (χ4n) is 1.45. The fourth-order valence-corrected chi connectivity index (χ4v) is 1.45. The second-order valence-electron chi connectivity index (χ2n) is 3.69. The fraction of sp³-hybridized carbons (Fsp3) is 0.700. The number of hydrogen-bond acceptors (Lipinski definition) is 3. The van der Waals surface area contributed by atoms with E-state index in [2.05, 4.69) is 5.92 Å². The molecule has 0 bridgehead atoms. The maximum atomic E-state index is 10.4. The van der Waals surface area contributed by atoms with E-state index < -0.39 is 17.9 Å². The van der Waals surface area contributed by atoms with Gasteiger partial charge < -0.3 is 14.6 Å². The summed E-state index contributed by atoms with van der Waals surface area (Å²) >= 11 is 0. The summed E-state index contributed by atoms with van der Waals surface area (Å²) in [5, 5.41) is 8.51. The maximum Gasteiger partial charge on any atom is 0.303 e. The smallest absolute Gasteiger partial charge is 0.303 e. The average Bonchev–Trinajstić information content (AvgIpc) is 2.37. The summed E-state index contributed by atoms with van der Waals surface area (Å²) in [4.78, 5) is 10.4. The van der Waals surface area contributed by atoms with Crippen molar-refractivity contribution in [2.45, 2.75) is 44.7 Å². The van der Waals surface area contributed by atoms with E-state index in [1.807, 2.05) is 0 Å². The second kappa shape index (κ2) is 3.99. The number of ether oxygens (including phenoxy) is 2. The molecule has 0 unspecified atom stereocenters. The molecule has 0 amide bonds. The zero-order valence-electron chi connectivity index (χ0n) is 8.32. The van der Waals surface area contributed by atoms with E-state index in [-0.39, 0.29) is 12.5 Å². The first-order chi connectivity index (χ1) is 6.44. The van der Waals surface area contributed by atoms with Crippen LogP contribution in [0.3, 0.4) is 0 Å². The lowest BCUT2D eigenvalue weighted by atomic mass is 10.1. The molecule has 78 valence electrons. The first-order valence-electron chi connectivity index (χ1n) is 4.48. The largest absolute Gasteiger partial charge is 0.481 e. The Bertz CT molecular complexity index is 264. The summed E-state index contributed by atoms with van der Waals surface area (Å²) in [5.41, 5.74) is 0. The minimum atomic E-state index is -0.853. The van der Waals surface area contributed by atoms with E-state index in [4.69, 9.17) is 21.0 Å². The molecule has 0 spiro atoms. The molecular weight excluding hydrogens is 184 g/mol. The van der Waals surface area contributed by atoms with Crippen LogP contribution in [-0.2, 0) is 14.3 Å². The molecule has 14 heavy (non-hydrogen) atoms. The topological polar surface area (TPSA) is 55.8 Å². The lowest BCUT2D eigenvalue weighted by Crippen LogP contribution is -2.22. The maximum absolute atomic E-state index is 10.4. The van der Waals surface area contributed by atoms with E-state index in [1.165, 1.54) is 0 Å². The van der Waals surface area contributed by atoms with Gasteiger partial charge in [0.2, 0.25) is 0 Å². The highest BCUT2D eigenvalue weighted by atomic mass is 16.7. The van der Waals surface area contributed by atoms with Gasteiger partial charge in [-0.25, -0.2) is 0 Å². The van der Waals surface area contributed by atoms with Crippen molar-refractivity contribution in [3.05, 3.63) is 0 Å². The van der Waals surface area contributed by atoms with Gasteiger partial charge in [0.15, 0.2) is 5.79 Å². The Morgan fingerprint density at radius 3 is 2.71 bits per heavy atom. The van der Waals surface area contributed by atoms with Crippen LogP contribution in [0.5, 0.6) is 0 Å². The molecule has 1 saturated heterocycles. The highest BCUT2D eigenvalue weighted by molar-refractivity contribution is 5.66. The third-order valence-electron chi connectivity index (χ3n) is 1.99. The molecule has 1 aliphatic heterocycles. The van der Waals surface area contributed by atoms with Gasteiger partial charge in [-0.1, -0.05) is 5.92 Å². The first kappa shape index (κ1) is 11.0. The Morgan fingerprint density at radius 1 is 1.57 bits per heavy atom. The zero-order chi connectivity index (χ0) is 10.8. The lowest BCUT2D eigenvalue weighted by Gasteiger charge is -2.16. The van der Waals surface area contributed by atoms with Crippen LogP contribution in [-0.4, -0.2) is 29.1 Å². The molecule has 0 aromatic rings. The van der Waals surface area contributed by atoms with Crippen LogP contribution >= 0.6 is 0 Å². The summed E-state index contributed by atoms with van der Waals surface area (Å²) in [6.45, 7) is 3.52. The summed E-state index contributed by atoms with van der Waals surface area (Å²) in [6, 6.07) is 0. The van der Waals surface area contributed by atoms with E-state index in [0.717, 1.165) is 0 Å². The number of aliphatic carboxylic acids is 1. The standard InChI is InChI=1S/C10H14O4/c1-4-7-8(5-6-9(11)12)14-10(2,3)13-7/h1,7-8H,5-6H2,2-3H3,(H,11,12)/t7-,8-/m0/s1.